The molecule has 0 spiro atoms. The van der Waals surface area contributed by atoms with Crippen molar-refractivity contribution in [1.29, 1.82) is 0 Å². The van der Waals surface area contributed by atoms with E-state index in [2.05, 4.69) is 26.3 Å². The minimum atomic E-state index is -1.83. The van der Waals surface area contributed by atoms with Crippen molar-refractivity contribution in [2.75, 3.05) is 26.2 Å². The van der Waals surface area contributed by atoms with E-state index in [0.717, 1.165) is 30.7 Å². The van der Waals surface area contributed by atoms with Gasteiger partial charge in [0, 0.05) is 0 Å². The molecule has 0 aromatic heterocycles. The van der Waals surface area contributed by atoms with E-state index >= 15 is 0 Å². The molecule has 0 saturated carbocycles. The van der Waals surface area contributed by atoms with Crippen LogP contribution < -0.4 is 0 Å². The number of hydrogen-bond donors (Lipinski definition) is 4. The normalized spacial score (nSPS) is 8.76. The molecule has 0 saturated heterocycles. The fraction of sp³-hybridized carbons (Fsp3) is 0.286. The molecule has 4 N–H and O–H groups in total. The molecule has 0 aliphatic carbocycles. The first-order valence-electron chi connectivity index (χ1n) is 5.83. The second kappa shape index (κ2) is 15.5. The predicted octanol–water partition coefficient (Wildman–Crippen LogP) is 2.99. The van der Waals surface area contributed by atoms with Crippen molar-refractivity contribution < 1.29 is 34.5 Å². The van der Waals surface area contributed by atoms with E-state index in [0.29, 0.717) is 0 Å². The molecule has 0 amide bonds. The van der Waals surface area contributed by atoms with Gasteiger partial charge in [-0.15, -0.1) is 0 Å². The van der Waals surface area contributed by atoms with E-state index in [1.165, 1.54) is 0 Å². The molecule has 0 bridgehead atoms. The van der Waals surface area contributed by atoms with Gasteiger partial charge in [-0.25, -0.2) is 9.59 Å². The SMILES string of the molecule is C=CC[N+](CC=C)(CC=C)CC=C.O=C(O)O.O=C(O)O. The summed E-state index contributed by atoms with van der Waals surface area (Å²) in [7, 11) is 0. The van der Waals surface area contributed by atoms with Crippen LogP contribution in [0.3, 0.4) is 0 Å². The Bertz CT molecular complexity index is 286. The molecule has 7 nitrogen and oxygen atoms in total. The Balaban J connectivity index is -0.000000334. The molecule has 120 valence electrons. The Labute approximate surface area is 124 Å². The lowest BCUT2D eigenvalue weighted by atomic mass is 10.3. The first-order valence-corrected chi connectivity index (χ1v) is 5.83. The third kappa shape index (κ3) is 23.0. The lowest BCUT2D eigenvalue weighted by Crippen LogP contribution is -2.48. The third-order valence-electron chi connectivity index (χ3n) is 2.07. The monoisotopic (exact) mass is 302 g/mol. The van der Waals surface area contributed by atoms with Crippen LogP contribution in [0.4, 0.5) is 9.59 Å². The summed E-state index contributed by atoms with van der Waals surface area (Å²) in [4.78, 5) is 17.1. The Kier molecular flexibility index (Phi) is 17.4. The van der Waals surface area contributed by atoms with Gasteiger partial charge in [0.25, 0.3) is 0 Å². The molecular formula is C14H24NO6+. The first kappa shape index (κ1) is 23.5. The van der Waals surface area contributed by atoms with Gasteiger partial charge in [0.15, 0.2) is 0 Å². The van der Waals surface area contributed by atoms with Crippen molar-refractivity contribution in [3.8, 4) is 0 Å². The van der Waals surface area contributed by atoms with E-state index in [4.69, 9.17) is 30.0 Å². The van der Waals surface area contributed by atoms with Crippen molar-refractivity contribution in [3.63, 3.8) is 0 Å². The number of rotatable bonds is 8. The molecule has 0 aromatic carbocycles. The molecule has 0 radical (unpaired) electrons. The highest BCUT2D eigenvalue weighted by atomic mass is 16.6. The number of carbonyl (C=O) groups is 2. The second-order valence-corrected chi connectivity index (χ2v) is 3.79. The molecule has 0 unspecified atom stereocenters. The molecule has 7 heteroatoms. The summed E-state index contributed by atoms with van der Waals surface area (Å²) in [5.41, 5.74) is 0. The van der Waals surface area contributed by atoms with E-state index in [1.54, 1.807) is 0 Å². The summed E-state index contributed by atoms with van der Waals surface area (Å²) in [5, 5.41) is 27.9. The minimum absolute atomic E-state index is 0.903. The topological polar surface area (TPSA) is 115 Å². The van der Waals surface area contributed by atoms with E-state index < -0.39 is 12.3 Å². The fourth-order valence-corrected chi connectivity index (χ4v) is 1.54. The molecular weight excluding hydrogens is 278 g/mol. The standard InChI is InChI=1S/C12H20N.2CH2O3/c1-5-9-13(10-6-2,11-7-3)12-8-4;2*2-1(3)4/h5-8H,1-4,9-12H2;2*(H2,2,3,4)/q+1;;. The van der Waals surface area contributed by atoms with Crippen LogP contribution >= 0.6 is 0 Å². The lowest BCUT2D eigenvalue weighted by molar-refractivity contribution is -0.906. The Morgan fingerprint density at radius 1 is 0.667 bits per heavy atom. The van der Waals surface area contributed by atoms with Crippen LogP contribution in [0.25, 0.3) is 0 Å². The van der Waals surface area contributed by atoms with E-state index in [-0.39, 0.29) is 0 Å². The number of hydrogen-bond acceptors (Lipinski definition) is 2. The molecule has 0 atom stereocenters. The average molecular weight is 302 g/mol. The van der Waals surface area contributed by atoms with Crippen molar-refractivity contribution in [3.05, 3.63) is 50.6 Å². The van der Waals surface area contributed by atoms with Gasteiger partial charge in [-0.2, -0.15) is 0 Å². The fourth-order valence-electron chi connectivity index (χ4n) is 1.54. The smallest absolute Gasteiger partial charge is 0.450 e. The number of quaternary nitrogens is 1. The van der Waals surface area contributed by atoms with Gasteiger partial charge < -0.3 is 24.9 Å². The largest absolute Gasteiger partial charge is 0.503 e. The van der Waals surface area contributed by atoms with Gasteiger partial charge >= 0.3 is 12.3 Å². The van der Waals surface area contributed by atoms with Gasteiger partial charge in [-0.3, -0.25) is 0 Å². The summed E-state index contributed by atoms with van der Waals surface area (Å²) in [5.74, 6) is 0. The van der Waals surface area contributed by atoms with Crippen LogP contribution in [0.15, 0.2) is 50.6 Å². The Morgan fingerprint density at radius 2 is 0.810 bits per heavy atom. The third-order valence-corrected chi connectivity index (χ3v) is 2.07. The Hall–Kier alpha value is -2.54. The minimum Gasteiger partial charge on any atom is -0.450 e. The van der Waals surface area contributed by atoms with Crippen LogP contribution in [0.2, 0.25) is 0 Å². The Morgan fingerprint density at radius 3 is 0.905 bits per heavy atom. The van der Waals surface area contributed by atoms with Crippen LogP contribution in [0.5, 0.6) is 0 Å². The highest BCUT2D eigenvalue weighted by Crippen LogP contribution is 2.07. The highest BCUT2D eigenvalue weighted by molar-refractivity contribution is 5.53. The maximum absolute atomic E-state index is 8.56. The van der Waals surface area contributed by atoms with Crippen LogP contribution in [0, 0.1) is 0 Å². The van der Waals surface area contributed by atoms with Crippen molar-refractivity contribution in [1.82, 2.24) is 0 Å². The first-order chi connectivity index (χ1) is 9.71. The summed E-state index contributed by atoms with van der Waals surface area (Å²) in [6.45, 7) is 18.8. The van der Waals surface area contributed by atoms with Crippen molar-refractivity contribution in [2.24, 2.45) is 0 Å². The summed E-state index contributed by atoms with van der Waals surface area (Å²) in [6.07, 6.45) is 4.10. The quantitative estimate of drug-likeness (QED) is 0.405. The van der Waals surface area contributed by atoms with Crippen molar-refractivity contribution >= 4 is 12.3 Å². The van der Waals surface area contributed by atoms with Gasteiger partial charge in [-0.1, -0.05) is 26.3 Å². The van der Waals surface area contributed by atoms with Crippen LogP contribution in [-0.2, 0) is 0 Å². The molecule has 0 aromatic rings. The maximum atomic E-state index is 8.56. The zero-order chi connectivity index (χ0) is 17.3. The highest BCUT2D eigenvalue weighted by Gasteiger charge is 2.20. The zero-order valence-corrected chi connectivity index (χ0v) is 12.0. The molecule has 21 heavy (non-hydrogen) atoms. The van der Waals surface area contributed by atoms with Gasteiger partial charge in [0.2, 0.25) is 0 Å². The summed E-state index contributed by atoms with van der Waals surface area (Å²) in [6, 6.07) is 0. The predicted molar refractivity (Wildman–Crippen MR) is 81.8 cm³/mol. The van der Waals surface area contributed by atoms with E-state index in [9.17, 15) is 0 Å². The lowest BCUT2D eigenvalue weighted by Gasteiger charge is -2.35. The zero-order valence-electron chi connectivity index (χ0n) is 12.0. The molecule has 0 aliphatic heterocycles. The van der Waals surface area contributed by atoms with Gasteiger partial charge in [0.1, 0.15) is 0 Å². The molecule has 0 fully saturated rings. The summed E-state index contributed by atoms with van der Waals surface area (Å²) >= 11 is 0. The number of carboxylic acid groups (broad SMARTS) is 4. The molecule has 0 aliphatic rings. The summed E-state index contributed by atoms with van der Waals surface area (Å²) < 4.78 is 0.903. The van der Waals surface area contributed by atoms with Crippen molar-refractivity contribution in [2.45, 2.75) is 0 Å². The van der Waals surface area contributed by atoms with Gasteiger partial charge in [-0.05, 0) is 24.3 Å². The van der Waals surface area contributed by atoms with Crippen LogP contribution in [-0.4, -0.2) is 63.4 Å². The second-order valence-electron chi connectivity index (χ2n) is 3.79. The number of nitrogens with zero attached hydrogens (tertiary/aromatic N) is 1. The average Bonchev–Trinajstić information content (AvgIpc) is 2.28. The molecule has 0 rings (SSSR count). The maximum Gasteiger partial charge on any atom is 0.503 e. The van der Waals surface area contributed by atoms with Gasteiger partial charge in [0.05, 0.1) is 26.2 Å². The van der Waals surface area contributed by atoms with Crippen LogP contribution in [0.1, 0.15) is 0 Å². The van der Waals surface area contributed by atoms with E-state index in [1.807, 2.05) is 24.3 Å². The molecule has 0 heterocycles.